The van der Waals surface area contributed by atoms with E-state index in [4.69, 9.17) is 10.00 Å². The quantitative estimate of drug-likeness (QED) is 0.797. The Morgan fingerprint density at radius 1 is 1.19 bits per heavy atom. The SMILES string of the molecule is N#CCOc1cccc(-c2nc3ccccc3c(=O)[nH]2)c1. The summed E-state index contributed by atoms with van der Waals surface area (Å²) < 4.78 is 5.25. The molecule has 5 heteroatoms. The second-order valence-electron chi connectivity index (χ2n) is 4.41. The van der Waals surface area contributed by atoms with E-state index in [1.807, 2.05) is 18.2 Å². The zero-order chi connectivity index (χ0) is 14.7. The van der Waals surface area contributed by atoms with Gasteiger partial charge in [0.15, 0.2) is 6.61 Å². The molecule has 0 amide bonds. The number of fused-ring (bicyclic) bond motifs is 1. The molecule has 0 aliphatic carbocycles. The number of hydrogen-bond acceptors (Lipinski definition) is 4. The van der Waals surface area contributed by atoms with Gasteiger partial charge in [0.2, 0.25) is 0 Å². The smallest absolute Gasteiger partial charge is 0.259 e. The van der Waals surface area contributed by atoms with Crippen LogP contribution < -0.4 is 10.3 Å². The van der Waals surface area contributed by atoms with Crippen molar-refractivity contribution in [1.82, 2.24) is 9.97 Å². The Bertz CT molecular complexity index is 894. The van der Waals surface area contributed by atoms with Gasteiger partial charge < -0.3 is 9.72 Å². The number of hydrogen-bond donors (Lipinski definition) is 1. The van der Waals surface area contributed by atoms with Crippen LogP contribution in [0.4, 0.5) is 0 Å². The van der Waals surface area contributed by atoms with Crippen molar-refractivity contribution < 1.29 is 4.74 Å². The zero-order valence-corrected chi connectivity index (χ0v) is 11.0. The van der Waals surface area contributed by atoms with Gasteiger partial charge in [-0.1, -0.05) is 24.3 Å². The molecule has 0 saturated carbocycles. The summed E-state index contributed by atoms with van der Waals surface area (Å²) in [5.74, 6) is 1.03. The molecule has 2 aromatic carbocycles. The number of H-pyrrole nitrogens is 1. The molecule has 0 fully saturated rings. The Kier molecular flexibility index (Phi) is 3.36. The second kappa shape index (κ2) is 5.47. The molecule has 5 nitrogen and oxygen atoms in total. The number of rotatable bonds is 3. The van der Waals surface area contributed by atoms with Crippen LogP contribution in [0.2, 0.25) is 0 Å². The largest absolute Gasteiger partial charge is 0.479 e. The average Bonchev–Trinajstić information content (AvgIpc) is 2.53. The number of nitriles is 1. The Labute approximate surface area is 120 Å². The molecule has 0 atom stereocenters. The topological polar surface area (TPSA) is 78.8 Å². The minimum Gasteiger partial charge on any atom is -0.479 e. The van der Waals surface area contributed by atoms with E-state index in [2.05, 4.69) is 9.97 Å². The number of benzene rings is 2. The van der Waals surface area contributed by atoms with E-state index in [9.17, 15) is 4.79 Å². The first kappa shape index (κ1) is 12.9. The van der Waals surface area contributed by atoms with E-state index >= 15 is 0 Å². The predicted octanol–water partition coefficient (Wildman–Crippen LogP) is 2.49. The summed E-state index contributed by atoms with van der Waals surface area (Å²) in [6, 6.07) is 16.2. The summed E-state index contributed by atoms with van der Waals surface area (Å²) in [5.41, 5.74) is 1.19. The van der Waals surface area contributed by atoms with Crippen LogP contribution in [0.15, 0.2) is 53.3 Å². The van der Waals surface area contributed by atoms with Gasteiger partial charge in [-0.05, 0) is 24.3 Å². The summed E-state index contributed by atoms with van der Waals surface area (Å²) in [5, 5.41) is 9.09. The molecular weight excluding hydrogens is 266 g/mol. The third kappa shape index (κ3) is 2.60. The average molecular weight is 277 g/mol. The van der Waals surface area contributed by atoms with E-state index in [0.717, 1.165) is 5.56 Å². The highest BCUT2D eigenvalue weighted by Crippen LogP contribution is 2.21. The van der Waals surface area contributed by atoms with Crippen molar-refractivity contribution in [2.45, 2.75) is 0 Å². The monoisotopic (exact) mass is 277 g/mol. The van der Waals surface area contributed by atoms with Gasteiger partial charge in [0, 0.05) is 5.56 Å². The molecule has 3 rings (SSSR count). The van der Waals surface area contributed by atoms with Crippen LogP contribution in [0.5, 0.6) is 5.75 Å². The van der Waals surface area contributed by atoms with Gasteiger partial charge in [-0.2, -0.15) is 5.26 Å². The van der Waals surface area contributed by atoms with E-state index in [1.165, 1.54) is 0 Å². The van der Waals surface area contributed by atoms with Crippen LogP contribution >= 0.6 is 0 Å². The first-order valence-corrected chi connectivity index (χ1v) is 6.37. The van der Waals surface area contributed by atoms with Crippen molar-refractivity contribution in [2.24, 2.45) is 0 Å². The fourth-order valence-electron chi connectivity index (χ4n) is 2.07. The summed E-state index contributed by atoms with van der Waals surface area (Å²) >= 11 is 0. The summed E-state index contributed by atoms with van der Waals surface area (Å²) in [6.07, 6.45) is 0. The Morgan fingerprint density at radius 2 is 2.05 bits per heavy atom. The molecule has 0 radical (unpaired) electrons. The van der Waals surface area contributed by atoms with Crippen molar-refractivity contribution in [1.29, 1.82) is 5.26 Å². The molecule has 0 aliphatic heterocycles. The molecule has 3 aromatic rings. The molecule has 0 saturated heterocycles. The first-order chi connectivity index (χ1) is 10.3. The molecule has 1 aromatic heterocycles. The van der Waals surface area contributed by atoms with Crippen LogP contribution in [0.25, 0.3) is 22.3 Å². The van der Waals surface area contributed by atoms with E-state index in [1.54, 1.807) is 36.4 Å². The van der Waals surface area contributed by atoms with Crippen molar-refractivity contribution >= 4 is 10.9 Å². The van der Waals surface area contributed by atoms with Crippen LogP contribution in [0.3, 0.4) is 0 Å². The minimum atomic E-state index is -0.182. The zero-order valence-electron chi connectivity index (χ0n) is 11.0. The Balaban J connectivity index is 2.08. The van der Waals surface area contributed by atoms with Crippen molar-refractivity contribution in [3.05, 3.63) is 58.9 Å². The van der Waals surface area contributed by atoms with Crippen LogP contribution in [0, 0.1) is 11.3 Å². The number of aromatic amines is 1. The maximum absolute atomic E-state index is 12.1. The Hall–Kier alpha value is -3.13. The standard InChI is InChI=1S/C16H11N3O2/c17-8-9-21-12-5-3-4-11(10-12)15-18-14-7-2-1-6-13(14)16(20)19-15/h1-7,10H,9H2,(H,18,19,20). The second-order valence-corrected chi connectivity index (χ2v) is 4.41. The first-order valence-electron chi connectivity index (χ1n) is 6.37. The molecule has 0 spiro atoms. The van der Waals surface area contributed by atoms with Gasteiger partial charge in [0.05, 0.1) is 10.9 Å². The van der Waals surface area contributed by atoms with Crippen LogP contribution in [-0.4, -0.2) is 16.6 Å². The Morgan fingerprint density at radius 3 is 2.90 bits per heavy atom. The fraction of sp³-hybridized carbons (Fsp3) is 0.0625. The van der Waals surface area contributed by atoms with Crippen LogP contribution in [-0.2, 0) is 0 Å². The molecule has 102 valence electrons. The predicted molar refractivity (Wildman–Crippen MR) is 78.9 cm³/mol. The van der Waals surface area contributed by atoms with Crippen molar-refractivity contribution in [3.8, 4) is 23.2 Å². The maximum Gasteiger partial charge on any atom is 0.259 e. The van der Waals surface area contributed by atoms with E-state index in [-0.39, 0.29) is 12.2 Å². The summed E-state index contributed by atoms with van der Waals surface area (Å²) in [6.45, 7) is -0.0227. The normalized spacial score (nSPS) is 10.2. The van der Waals surface area contributed by atoms with Gasteiger partial charge in [-0.3, -0.25) is 4.79 Å². The summed E-state index contributed by atoms with van der Waals surface area (Å²) in [4.78, 5) is 19.3. The lowest BCUT2D eigenvalue weighted by Gasteiger charge is -2.06. The fourth-order valence-corrected chi connectivity index (χ4v) is 2.07. The van der Waals surface area contributed by atoms with Gasteiger partial charge >= 0.3 is 0 Å². The van der Waals surface area contributed by atoms with Crippen molar-refractivity contribution in [3.63, 3.8) is 0 Å². The highest BCUT2D eigenvalue weighted by atomic mass is 16.5. The van der Waals surface area contributed by atoms with Gasteiger partial charge in [-0.15, -0.1) is 0 Å². The van der Waals surface area contributed by atoms with Gasteiger partial charge in [0.1, 0.15) is 17.6 Å². The number of nitrogens with zero attached hydrogens (tertiary/aromatic N) is 2. The van der Waals surface area contributed by atoms with E-state index < -0.39 is 0 Å². The minimum absolute atomic E-state index is 0.0227. The maximum atomic E-state index is 12.1. The van der Waals surface area contributed by atoms with Crippen molar-refractivity contribution in [2.75, 3.05) is 6.61 Å². The number of nitrogens with one attached hydrogen (secondary N) is 1. The molecule has 1 N–H and O–H groups in total. The third-order valence-corrected chi connectivity index (χ3v) is 3.02. The number of ether oxygens (including phenoxy) is 1. The van der Waals surface area contributed by atoms with Gasteiger partial charge in [0.25, 0.3) is 5.56 Å². The van der Waals surface area contributed by atoms with E-state index in [0.29, 0.717) is 22.5 Å². The highest BCUT2D eigenvalue weighted by molar-refractivity contribution is 5.79. The molecule has 0 unspecified atom stereocenters. The lowest BCUT2D eigenvalue weighted by atomic mass is 10.2. The lowest BCUT2D eigenvalue weighted by molar-refractivity contribution is 0.368. The number of para-hydroxylation sites is 1. The molecule has 1 heterocycles. The molecule has 0 bridgehead atoms. The number of aromatic nitrogens is 2. The lowest BCUT2D eigenvalue weighted by Crippen LogP contribution is -2.09. The highest BCUT2D eigenvalue weighted by Gasteiger charge is 2.06. The molecule has 21 heavy (non-hydrogen) atoms. The molecule has 0 aliphatic rings. The van der Waals surface area contributed by atoms with Gasteiger partial charge in [-0.25, -0.2) is 4.98 Å². The molecular formula is C16H11N3O2. The summed E-state index contributed by atoms with van der Waals surface area (Å²) in [7, 11) is 0. The van der Waals surface area contributed by atoms with Crippen LogP contribution in [0.1, 0.15) is 0 Å². The third-order valence-electron chi connectivity index (χ3n) is 3.02.